The average Bonchev–Trinajstić information content (AvgIpc) is 2.86. The molecule has 1 aromatic heterocycles. The highest BCUT2D eigenvalue weighted by molar-refractivity contribution is 7.09. The quantitative estimate of drug-likeness (QED) is 0.884. The van der Waals surface area contributed by atoms with Gasteiger partial charge in [0.25, 0.3) is 0 Å². The van der Waals surface area contributed by atoms with Crippen LogP contribution in [0.25, 0.3) is 0 Å². The third kappa shape index (κ3) is 3.29. The molecule has 1 aromatic carbocycles. The van der Waals surface area contributed by atoms with Crippen LogP contribution in [0.1, 0.15) is 42.2 Å². The van der Waals surface area contributed by atoms with Crippen molar-refractivity contribution < 1.29 is 9.84 Å². The van der Waals surface area contributed by atoms with Crippen molar-refractivity contribution in [3.63, 3.8) is 0 Å². The van der Waals surface area contributed by atoms with Crippen LogP contribution in [0.3, 0.4) is 0 Å². The lowest BCUT2D eigenvalue weighted by Gasteiger charge is -2.19. The van der Waals surface area contributed by atoms with Crippen molar-refractivity contribution in [1.29, 1.82) is 0 Å². The number of thiazole rings is 1. The number of aromatic nitrogens is 1. The van der Waals surface area contributed by atoms with E-state index in [0.717, 1.165) is 16.3 Å². The average molecular weight is 292 g/mol. The van der Waals surface area contributed by atoms with Gasteiger partial charge in [0.1, 0.15) is 5.01 Å². The molecule has 108 valence electrons. The van der Waals surface area contributed by atoms with E-state index >= 15 is 0 Å². The van der Waals surface area contributed by atoms with Gasteiger partial charge in [-0.25, -0.2) is 4.98 Å². The number of nitrogens with zero attached hydrogens (tertiary/aromatic N) is 1. The summed E-state index contributed by atoms with van der Waals surface area (Å²) >= 11 is 1.67. The molecule has 0 aliphatic rings. The normalized spacial score (nSPS) is 14.0. The first-order chi connectivity index (χ1) is 9.51. The molecule has 0 amide bonds. The number of ether oxygens (including phenoxy) is 1. The molecule has 2 rings (SSSR count). The van der Waals surface area contributed by atoms with Gasteiger partial charge in [0.15, 0.2) is 11.5 Å². The number of hydrogen-bond acceptors (Lipinski definition) is 5. The zero-order valence-corrected chi connectivity index (χ0v) is 13.0. The molecule has 0 saturated carbocycles. The number of nitrogens with one attached hydrogen (secondary N) is 1. The molecule has 0 saturated heterocycles. The van der Waals surface area contributed by atoms with Gasteiger partial charge in [-0.15, -0.1) is 11.3 Å². The van der Waals surface area contributed by atoms with Crippen LogP contribution in [0.2, 0.25) is 0 Å². The summed E-state index contributed by atoms with van der Waals surface area (Å²) < 4.78 is 5.14. The Morgan fingerprint density at radius 2 is 2.05 bits per heavy atom. The number of methoxy groups -OCH3 is 1. The molecular weight excluding hydrogens is 272 g/mol. The number of phenolic OH excluding ortho intramolecular Hbond substituents is 1. The molecule has 1 heterocycles. The molecule has 2 N–H and O–H groups in total. The van der Waals surface area contributed by atoms with Crippen LogP contribution >= 0.6 is 11.3 Å². The van der Waals surface area contributed by atoms with Crippen LogP contribution in [-0.2, 0) is 0 Å². The minimum absolute atomic E-state index is 0.142. The van der Waals surface area contributed by atoms with E-state index in [2.05, 4.69) is 29.5 Å². The lowest BCUT2D eigenvalue weighted by Crippen LogP contribution is -2.22. The number of phenols is 1. The molecule has 0 fully saturated rings. The second kappa shape index (κ2) is 6.24. The van der Waals surface area contributed by atoms with Crippen LogP contribution in [0.15, 0.2) is 23.6 Å². The van der Waals surface area contributed by atoms with Gasteiger partial charge in [-0.3, -0.25) is 0 Å². The highest BCUT2D eigenvalue weighted by Gasteiger charge is 2.15. The van der Waals surface area contributed by atoms with E-state index in [4.69, 9.17) is 4.74 Å². The molecule has 0 aliphatic heterocycles. The predicted molar refractivity (Wildman–Crippen MR) is 81.5 cm³/mol. The van der Waals surface area contributed by atoms with Crippen LogP contribution in [0.4, 0.5) is 0 Å². The Bertz CT molecular complexity index is 583. The van der Waals surface area contributed by atoms with Gasteiger partial charge in [0.05, 0.1) is 13.2 Å². The van der Waals surface area contributed by atoms with Gasteiger partial charge in [-0.1, -0.05) is 6.07 Å². The van der Waals surface area contributed by atoms with Gasteiger partial charge in [0, 0.05) is 17.1 Å². The molecule has 0 aliphatic carbocycles. The van der Waals surface area contributed by atoms with Crippen molar-refractivity contribution in [2.75, 3.05) is 7.11 Å². The first-order valence-corrected chi connectivity index (χ1v) is 7.44. The lowest BCUT2D eigenvalue weighted by atomic mass is 10.1. The summed E-state index contributed by atoms with van der Waals surface area (Å²) in [5.41, 5.74) is 2.12. The Labute approximate surface area is 123 Å². The summed E-state index contributed by atoms with van der Waals surface area (Å²) in [5, 5.41) is 16.3. The molecular formula is C15H20N2O2S. The Hall–Kier alpha value is -1.59. The van der Waals surface area contributed by atoms with E-state index in [0.29, 0.717) is 5.75 Å². The largest absolute Gasteiger partial charge is 0.504 e. The Morgan fingerprint density at radius 3 is 2.65 bits per heavy atom. The molecule has 2 unspecified atom stereocenters. The molecule has 0 radical (unpaired) electrons. The standard InChI is InChI=1S/C15H20N2O2S/c1-9-8-20-15(16-9)11(3)17-10(2)12-5-6-13(18)14(7-12)19-4/h5-8,10-11,17-18H,1-4H3. The summed E-state index contributed by atoms with van der Waals surface area (Å²) in [6.07, 6.45) is 0. The van der Waals surface area contributed by atoms with E-state index in [9.17, 15) is 5.11 Å². The van der Waals surface area contributed by atoms with E-state index < -0.39 is 0 Å². The monoisotopic (exact) mass is 292 g/mol. The van der Waals surface area contributed by atoms with Crippen molar-refractivity contribution in [2.45, 2.75) is 32.9 Å². The fourth-order valence-electron chi connectivity index (χ4n) is 2.08. The minimum Gasteiger partial charge on any atom is -0.504 e. The van der Waals surface area contributed by atoms with Gasteiger partial charge in [-0.2, -0.15) is 0 Å². The number of aromatic hydroxyl groups is 1. The summed E-state index contributed by atoms with van der Waals surface area (Å²) in [4.78, 5) is 4.50. The van der Waals surface area contributed by atoms with Crippen molar-refractivity contribution in [1.82, 2.24) is 10.3 Å². The Balaban J connectivity index is 2.09. The first-order valence-electron chi connectivity index (χ1n) is 6.56. The zero-order chi connectivity index (χ0) is 14.7. The molecule has 20 heavy (non-hydrogen) atoms. The third-order valence-electron chi connectivity index (χ3n) is 3.21. The van der Waals surface area contributed by atoms with Crippen LogP contribution in [0.5, 0.6) is 11.5 Å². The molecule has 2 aromatic rings. The summed E-state index contributed by atoms with van der Waals surface area (Å²) in [7, 11) is 1.55. The maximum atomic E-state index is 9.63. The minimum atomic E-state index is 0.142. The van der Waals surface area contributed by atoms with E-state index in [1.54, 1.807) is 24.5 Å². The number of hydrogen-bond donors (Lipinski definition) is 2. The van der Waals surface area contributed by atoms with Gasteiger partial charge >= 0.3 is 0 Å². The van der Waals surface area contributed by atoms with Crippen molar-refractivity contribution in [3.8, 4) is 11.5 Å². The smallest absolute Gasteiger partial charge is 0.160 e. The molecule has 4 nitrogen and oxygen atoms in total. The van der Waals surface area contributed by atoms with Crippen LogP contribution in [-0.4, -0.2) is 17.2 Å². The summed E-state index contributed by atoms with van der Waals surface area (Å²) in [5.74, 6) is 0.654. The van der Waals surface area contributed by atoms with Gasteiger partial charge in [0.2, 0.25) is 0 Å². The summed E-state index contributed by atoms with van der Waals surface area (Å²) in [6, 6.07) is 5.74. The fourth-order valence-corrected chi connectivity index (χ4v) is 2.89. The van der Waals surface area contributed by atoms with Crippen molar-refractivity contribution in [2.24, 2.45) is 0 Å². The molecule has 0 bridgehead atoms. The van der Waals surface area contributed by atoms with E-state index in [1.165, 1.54) is 0 Å². The predicted octanol–water partition coefficient (Wildman–Crippen LogP) is 3.58. The molecule has 0 spiro atoms. The van der Waals surface area contributed by atoms with E-state index in [1.807, 2.05) is 19.1 Å². The second-order valence-corrected chi connectivity index (χ2v) is 5.76. The highest BCUT2D eigenvalue weighted by Crippen LogP contribution is 2.30. The Morgan fingerprint density at radius 1 is 1.30 bits per heavy atom. The number of aryl methyl sites for hydroxylation is 1. The van der Waals surface area contributed by atoms with E-state index in [-0.39, 0.29) is 17.8 Å². The highest BCUT2D eigenvalue weighted by atomic mass is 32.1. The summed E-state index contributed by atoms with van der Waals surface area (Å²) in [6.45, 7) is 6.19. The fraction of sp³-hybridized carbons (Fsp3) is 0.400. The van der Waals surface area contributed by atoms with Crippen molar-refractivity contribution >= 4 is 11.3 Å². The first kappa shape index (κ1) is 14.8. The number of rotatable bonds is 5. The molecule has 5 heteroatoms. The zero-order valence-electron chi connectivity index (χ0n) is 12.2. The maximum absolute atomic E-state index is 9.63. The third-order valence-corrected chi connectivity index (χ3v) is 4.36. The maximum Gasteiger partial charge on any atom is 0.160 e. The second-order valence-electron chi connectivity index (χ2n) is 4.87. The Kier molecular flexibility index (Phi) is 4.62. The van der Waals surface area contributed by atoms with Gasteiger partial charge < -0.3 is 15.2 Å². The lowest BCUT2D eigenvalue weighted by molar-refractivity contribution is 0.371. The van der Waals surface area contributed by atoms with Crippen LogP contribution < -0.4 is 10.1 Å². The molecule has 2 atom stereocenters. The SMILES string of the molecule is COc1cc(C(C)NC(C)c2nc(C)cs2)ccc1O. The van der Waals surface area contributed by atoms with Crippen LogP contribution in [0, 0.1) is 6.92 Å². The van der Waals surface area contributed by atoms with Crippen molar-refractivity contribution in [3.05, 3.63) is 39.8 Å². The van der Waals surface area contributed by atoms with Gasteiger partial charge in [-0.05, 0) is 38.5 Å². The number of benzene rings is 1. The topological polar surface area (TPSA) is 54.4 Å².